The van der Waals surface area contributed by atoms with E-state index in [2.05, 4.69) is 10.3 Å². The van der Waals surface area contributed by atoms with Crippen LogP contribution in [0.1, 0.15) is 33.6 Å². The Balaban J connectivity index is 0.00000289. The van der Waals surface area contributed by atoms with Gasteiger partial charge >= 0.3 is 29.6 Å². The fourth-order valence-corrected chi connectivity index (χ4v) is 2.31. The summed E-state index contributed by atoms with van der Waals surface area (Å²) in [4.78, 5) is 27.3. The summed E-state index contributed by atoms with van der Waals surface area (Å²) in [5.41, 5.74) is -1.23. The van der Waals surface area contributed by atoms with Crippen LogP contribution in [-0.4, -0.2) is 17.8 Å². The number of allylic oxidation sites excluding steroid dienone is 2. The first-order valence-electron chi connectivity index (χ1n) is 5.77. The molecule has 1 N–H and O–H groups in total. The molecule has 2 atom stereocenters. The average molecular weight is 260 g/mol. The molecule has 0 fully saturated rings. The Kier molecular flexibility index (Phi) is 6.81. The fourth-order valence-electron chi connectivity index (χ4n) is 2.31. The summed E-state index contributed by atoms with van der Waals surface area (Å²) >= 11 is 0. The first-order chi connectivity index (χ1) is 8.02. The van der Waals surface area contributed by atoms with Gasteiger partial charge < -0.3 is 10.4 Å². The van der Waals surface area contributed by atoms with Crippen molar-refractivity contribution in [3.05, 3.63) is 12.2 Å². The number of amidine groups is 1. The van der Waals surface area contributed by atoms with Crippen LogP contribution < -0.4 is 40.0 Å². The van der Waals surface area contributed by atoms with Crippen LogP contribution in [0.2, 0.25) is 0 Å². The van der Waals surface area contributed by atoms with Gasteiger partial charge in [-0.05, 0) is 25.7 Å². The number of carbonyl (C=O) groups is 2. The largest absolute Gasteiger partial charge is 1.00 e. The smallest absolute Gasteiger partial charge is 0.846 e. The molecule has 5 nitrogen and oxygen atoms in total. The number of amides is 2. The van der Waals surface area contributed by atoms with Gasteiger partial charge in [-0.3, -0.25) is 9.59 Å². The van der Waals surface area contributed by atoms with E-state index in [9.17, 15) is 14.7 Å². The van der Waals surface area contributed by atoms with Gasteiger partial charge in [0.2, 0.25) is 5.91 Å². The fraction of sp³-hybridized carbons (Fsp3) is 0.583. The van der Waals surface area contributed by atoms with E-state index in [0.29, 0.717) is 12.8 Å². The van der Waals surface area contributed by atoms with Crippen LogP contribution in [-0.2, 0) is 9.59 Å². The maximum Gasteiger partial charge on any atom is 1.00 e. The SMILES string of the molecule is C/C=C/C(CC)C1(CC)C(=O)N=C([O-])NC1=O.[Na+]. The minimum absolute atomic E-state index is 0. The second-order valence-corrected chi connectivity index (χ2v) is 4.04. The minimum atomic E-state index is -1.23. The van der Waals surface area contributed by atoms with Gasteiger partial charge in [0, 0.05) is 0 Å². The molecule has 2 unspecified atom stereocenters. The molecular formula is C12H17N2NaO3. The van der Waals surface area contributed by atoms with Gasteiger partial charge in [0.25, 0.3) is 5.91 Å². The number of aliphatic imine (C=N–C) groups is 1. The van der Waals surface area contributed by atoms with Crippen molar-refractivity contribution >= 4 is 17.8 Å². The summed E-state index contributed by atoms with van der Waals surface area (Å²) in [6.07, 6.45) is 4.60. The molecular weight excluding hydrogens is 243 g/mol. The Morgan fingerprint density at radius 3 is 2.44 bits per heavy atom. The monoisotopic (exact) mass is 260 g/mol. The predicted molar refractivity (Wildman–Crippen MR) is 61.9 cm³/mol. The van der Waals surface area contributed by atoms with Gasteiger partial charge in [0.05, 0.1) is 6.02 Å². The Morgan fingerprint density at radius 1 is 1.44 bits per heavy atom. The summed E-state index contributed by atoms with van der Waals surface area (Å²) in [6, 6.07) is -0.862. The van der Waals surface area contributed by atoms with Crippen LogP contribution in [0.4, 0.5) is 0 Å². The Morgan fingerprint density at radius 2 is 2.06 bits per heavy atom. The van der Waals surface area contributed by atoms with Crippen LogP contribution in [0.5, 0.6) is 0 Å². The van der Waals surface area contributed by atoms with E-state index in [1.165, 1.54) is 0 Å². The third kappa shape index (κ3) is 2.84. The molecule has 1 heterocycles. The van der Waals surface area contributed by atoms with Crippen LogP contribution in [0.15, 0.2) is 17.1 Å². The Bertz CT molecular complexity index is 393. The van der Waals surface area contributed by atoms with E-state index in [1.54, 1.807) is 6.92 Å². The van der Waals surface area contributed by atoms with E-state index in [0.717, 1.165) is 0 Å². The Labute approximate surface area is 129 Å². The van der Waals surface area contributed by atoms with Gasteiger partial charge in [0.15, 0.2) is 0 Å². The molecule has 0 saturated heterocycles. The summed E-state index contributed by atoms with van der Waals surface area (Å²) in [5.74, 6) is -1.39. The molecule has 1 aliphatic heterocycles. The van der Waals surface area contributed by atoms with Crippen molar-refractivity contribution in [3.8, 4) is 0 Å². The van der Waals surface area contributed by atoms with Gasteiger partial charge in [0.1, 0.15) is 5.41 Å². The van der Waals surface area contributed by atoms with E-state index in [1.807, 2.05) is 26.0 Å². The molecule has 2 amide bonds. The number of rotatable bonds is 4. The molecule has 0 saturated carbocycles. The molecule has 0 spiro atoms. The second kappa shape index (κ2) is 7.07. The van der Waals surface area contributed by atoms with Gasteiger partial charge in [-0.1, -0.05) is 26.0 Å². The van der Waals surface area contributed by atoms with Crippen molar-refractivity contribution < 1.29 is 44.3 Å². The number of hydrogen-bond acceptors (Lipinski definition) is 3. The minimum Gasteiger partial charge on any atom is -0.846 e. The van der Waals surface area contributed by atoms with Gasteiger partial charge in [-0.25, -0.2) is 4.99 Å². The van der Waals surface area contributed by atoms with Crippen molar-refractivity contribution in [1.29, 1.82) is 0 Å². The van der Waals surface area contributed by atoms with Crippen LogP contribution in [0, 0.1) is 11.3 Å². The summed E-state index contributed by atoms with van der Waals surface area (Å²) in [5, 5.41) is 13.1. The van der Waals surface area contributed by atoms with E-state index < -0.39 is 23.3 Å². The Hall–Kier alpha value is -0.650. The number of carbonyl (C=O) groups excluding carboxylic acids is 2. The van der Waals surface area contributed by atoms with E-state index in [4.69, 9.17) is 0 Å². The predicted octanol–water partition coefficient (Wildman–Crippen LogP) is -2.64. The normalized spacial score (nSPS) is 25.4. The van der Waals surface area contributed by atoms with Crippen molar-refractivity contribution in [2.75, 3.05) is 0 Å². The molecule has 0 aromatic rings. The number of nitrogens with zero attached hydrogens (tertiary/aromatic N) is 1. The maximum atomic E-state index is 12.0. The molecule has 0 radical (unpaired) electrons. The van der Waals surface area contributed by atoms with Crippen molar-refractivity contribution in [2.24, 2.45) is 16.3 Å². The average Bonchev–Trinajstić information content (AvgIpc) is 2.27. The topological polar surface area (TPSA) is 81.6 Å². The second-order valence-electron chi connectivity index (χ2n) is 4.04. The zero-order valence-electron chi connectivity index (χ0n) is 11.3. The molecule has 1 aliphatic rings. The number of nitrogens with one attached hydrogen (secondary N) is 1. The third-order valence-corrected chi connectivity index (χ3v) is 3.27. The van der Waals surface area contributed by atoms with Crippen LogP contribution in [0.25, 0.3) is 0 Å². The molecule has 0 aliphatic carbocycles. The number of hydrogen-bond donors (Lipinski definition) is 1. The molecule has 6 heteroatoms. The maximum absolute atomic E-state index is 12.0. The molecule has 94 valence electrons. The zero-order chi connectivity index (χ0) is 13.1. The zero-order valence-corrected chi connectivity index (χ0v) is 13.3. The summed E-state index contributed by atoms with van der Waals surface area (Å²) in [6.45, 7) is 5.49. The summed E-state index contributed by atoms with van der Waals surface area (Å²) in [7, 11) is 0. The van der Waals surface area contributed by atoms with Crippen molar-refractivity contribution in [3.63, 3.8) is 0 Å². The van der Waals surface area contributed by atoms with Crippen molar-refractivity contribution in [2.45, 2.75) is 33.6 Å². The molecule has 0 bridgehead atoms. The quantitative estimate of drug-likeness (QED) is 0.341. The first kappa shape index (κ1) is 17.4. The summed E-state index contributed by atoms with van der Waals surface area (Å²) < 4.78 is 0. The molecule has 1 rings (SSSR count). The molecule has 0 aromatic carbocycles. The van der Waals surface area contributed by atoms with Crippen LogP contribution in [0.3, 0.4) is 0 Å². The third-order valence-electron chi connectivity index (χ3n) is 3.27. The molecule has 18 heavy (non-hydrogen) atoms. The standard InChI is InChI=1S/C12H18N2O3.Na/c1-4-7-8(5-2)12(6-3)9(15)13-11(17)14-10(12)16;/h4,7-8H,5-6H2,1-3H3,(H2,13,14,15,16,17);/q;+1/p-1/b7-4+;. The van der Waals surface area contributed by atoms with Gasteiger partial charge in [-0.2, -0.15) is 0 Å². The van der Waals surface area contributed by atoms with Crippen molar-refractivity contribution in [1.82, 2.24) is 5.32 Å². The van der Waals surface area contributed by atoms with Crippen LogP contribution >= 0.6 is 0 Å². The van der Waals surface area contributed by atoms with E-state index >= 15 is 0 Å². The van der Waals surface area contributed by atoms with E-state index in [-0.39, 0.29) is 35.5 Å². The first-order valence-corrected chi connectivity index (χ1v) is 5.77. The molecule has 0 aromatic heterocycles. The van der Waals surface area contributed by atoms with Gasteiger partial charge in [-0.15, -0.1) is 0 Å².